The number of carbonyl (C=O) groups is 1. The first-order valence-corrected chi connectivity index (χ1v) is 8.60. The van der Waals surface area contributed by atoms with Gasteiger partial charge < -0.3 is 14.6 Å². The first-order valence-electron chi connectivity index (χ1n) is 8.60. The molecule has 0 aromatic heterocycles. The molecule has 1 fully saturated rings. The molecule has 1 aliphatic heterocycles. The quantitative estimate of drug-likeness (QED) is 0.830. The van der Waals surface area contributed by atoms with Crippen LogP contribution in [0.25, 0.3) is 11.1 Å². The van der Waals surface area contributed by atoms with E-state index in [1.165, 1.54) is 0 Å². The highest BCUT2D eigenvalue weighted by Crippen LogP contribution is 2.47. The summed E-state index contributed by atoms with van der Waals surface area (Å²) in [4.78, 5) is 15.0. The molecule has 1 saturated heterocycles. The summed E-state index contributed by atoms with van der Waals surface area (Å²) in [6, 6.07) is 14.9. The number of morpholine rings is 1. The average Bonchev–Trinajstić information content (AvgIpc) is 2.93. The summed E-state index contributed by atoms with van der Waals surface area (Å²) in [5.74, 6) is -0.613. The van der Waals surface area contributed by atoms with Gasteiger partial charge in [0, 0.05) is 30.8 Å². The summed E-state index contributed by atoms with van der Waals surface area (Å²) in [7, 11) is 0. The molecule has 2 aromatic rings. The van der Waals surface area contributed by atoms with Gasteiger partial charge in [-0.2, -0.15) is 0 Å². The largest absolute Gasteiger partial charge is 0.462 e. The second-order valence-electron chi connectivity index (χ2n) is 6.39. The van der Waals surface area contributed by atoms with E-state index in [-0.39, 0.29) is 19.0 Å². The van der Waals surface area contributed by atoms with Crippen molar-refractivity contribution in [2.24, 2.45) is 0 Å². The Labute approximate surface area is 158 Å². The molecule has 0 bridgehead atoms. The van der Waals surface area contributed by atoms with E-state index < -0.39 is 11.6 Å². The minimum Gasteiger partial charge on any atom is -0.462 e. The molecule has 0 amide bonds. The number of benzene rings is 2. The predicted octanol–water partition coefficient (Wildman–Crippen LogP) is 2.20. The lowest BCUT2D eigenvalue weighted by Gasteiger charge is -2.27. The van der Waals surface area contributed by atoms with Gasteiger partial charge >= 0.3 is 5.97 Å². The van der Waals surface area contributed by atoms with E-state index in [9.17, 15) is 9.90 Å². The third-order valence-corrected chi connectivity index (χ3v) is 4.96. The SMILES string of the molecule is Cl.O=C(OCCN1CCOCC1)C1(O)c2ccccc2-c2ccccc21. The summed E-state index contributed by atoms with van der Waals surface area (Å²) in [5, 5.41) is 11.3. The van der Waals surface area contributed by atoms with Crippen LogP contribution in [0.1, 0.15) is 11.1 Å². The summed E-state index contributed by atoms with van der Waals surface area (Å²) in [5.41, 5.74) is 1.20. The number of hydrogen-bond acceptors (Lipinski definition) is 5. The maximum atomic E-state index is 12.8. The Morgan fingerprint density at radius 2 is 1.58 bits per heavy atom. The first kappa shape index (κ1) is 18.9. The maximum absolute atomic E-state index is 12.8. The Kier molecular flexibility index (Phi) is 5.63. The third kappa shape index (κ3) is 3.12. The van der Waals surface area contributed by atoms with E-state index in [4.69, 9.17) is 9.47 Å². The number of esters is 1. The number of fused-ring (bicyclic) bond motifs is 3. The average molecular weight is 376 g/mol. The smallest absolute Gasteiger partial charge is 0.347 e. The molecule has 1 N–H and O–H groups in total. The Hall–Kier alpha value is -1.92. The Morgan fingerprint density at radius 3 is 2.15 bits per heavy atom. The van der Waals surface area contributed by atoms with Crippen LogP contribution in [0.2, 0.25) is 0 Å². The molecule has 2 aromatic carbocycles. The van der Waals surface area contributed by atoms with Crippen LogP contribution in [-0.2, 0) is 19.9 Å². The van der Waals surface area contributed by atoms with E-state index in [0.29, 0.717) is 30.9 Å². The van der Waals surface area contributed by atoms with E-state index in [2.05, 4.69) is 4.90 Å². The third-order valence-electron chi connectivity index (χ3n) is 4.96. The molecule has 138 valence electrons. The summed E-state index contributed by atoms with van der Waals surface area (Å²) in [6.07, 6.45) is 0. The number of carbonyl (C=O) groups excluding carboxylic acids is 1. The van der Waals surface area contributed by atoms with E-state index in [0.717, 1.165) is 24.2 Å². The fourth-order valence-electron chi connectivity index (χ4n) is 3.63. The van der Waals surface area contributed by atoms with Gasteiger partial charge in [-0.1, -0.05) is 48.5 Å². The zero-order valence-electron chi connectivity index (χ0n) is 14.4. The number of hydrogen-bond donors (Lipinski definition) is 1. The number of nitrogens with zero attached hydrogens (tertiary/aromatic N) is 1. The highest BCUT2D eigenvalue weighted by atomic mass is 35.5. The van der Waals surface area contributed by atoms with Gasteiger partial charge in [-0.15, -0.1) is 12.4 Å². The van der Waals surface area contributed by atoms with Crippen LogP contribution in [0.3, 0.4) is 0 Å². The minimum absolute atomic E-state index is 0. The van der Waals surface area contributed by atoms with Crippen LogP contribution in [0.5, 0.6) is 0 Å². The van der Waals surface area contributed by atoms with E-state index in [1.807, 2.05) is 36.4 Å². The van der Waals surface area contributed by atoms with Gasteiger partial charge in [0.15, 0.2) is 0 Å². The van der Waals surface area contributed by atoms with Crippen molar-refractivity contribution in [1.29, 1.82) is 0 Å². The van der Waals surface area contributed by atoms with Crippen molar-refractivity contribution in [2.75, 3.05) is 39.5 Å². The molecular weight excluding hydrogens is 354 g/mol. The van der Waals surface area contributed by atoms with Crippen molar-refractivity contribution in [3.05, 3.63) is 59.7 Å². The van der Waals surface area contributed by atoms with Gasteiger partial charge in [0.25, 0.3) is 0 Å². The summed E-state index contributed by atoms with van der Waals surface area (Å²) < 4.78 is 10.8. The molecule has 26 heavy (non-hydrogen) atoms. The standard InChI is InChI=1S/C20H21NO4.ClH/c22-19(25-14-11-21-9-12-24-13-10-21)20(23)17-7-3-1-5-15(17)16-6-2-4-8-18(16)20;/h1-8,23H,9-14H2;1H. The van der Waals surface area contributed by atoms with Crippen LogP contribution >= 0.6 is 12.4 Å². The number of aliphatic hydroxyl groups is 1. The molecule has 4 rings (SSSR count). The molecule has 6 heteroatoms. The van der Waals surface area contributed by atoms with Gasteiger partial charge in [-0.05, 0) is 11.1 Å². The van der Waals surface area contributed by atoms with Crippen molar-refractivity contribution in [2.45, 2.75) is 5.60 Å². The topological polar surface area (TPSA) is 59.0 Å². The van der Waals surface area contributed by atoms with Gasteiger partial charge in [0.1, 0.15) is 6.61 Å². The zero-order valence-corrected chi connectivity index (χ0v) is 15.2. The predicted molar refractivity (Wildman–Crippen MR) is 100 cm³/mol. The van der Waals surface area contributed by atoms with Gasteiger partial charge in [0.2, 0.25) is 5.60 Å². The van der Waals surface area contributed by atoms with Crippen LogP contribution in [0, 0.1) is 0 Å². The summed E-state index contributed by atoms with van der Waals surface area (Å²) in [6.45, 7) is 4.00. The maximum Gasteiger partial charge on any atom is 0.347 e. The Bertz CT molecular complexity index is 743. The molecule has 0 atom stereocenters. The fraction of sp³-hybridized carbons (Fsp3) is 0.350. The zero-order chi connectivity index (χ0) is 17.3. The van der Waals surface area contributed by atoms with Crippen LogP contribution < -0.4 is 0 Å². The normalized spacial score (nSPS) is 17.7. The Morgan fingerprint density at radius 1 is 1.04 bits per heavy atom. The van der Waals surface area contributed by atoms with Crippen molar-refractivity contribution >= 4 is 18.4 Å². The lowest BCUT2D eigenvalue weighted by molar-refractivity contribution is -0.162. The molecule has 2 aliphatic rings. The van der Waals surface area contributed by atoms with Crippen molar-refractivity contribution < 1.29 is 19.4 Å². The number of ether oxygens (including phenoxy) is 2. The monoisotopic (exact) mass is 375 g/mol. The molecule has 0 radical (unpaired) electrons. The molecule has 0 saturated carbocycles. The van der Waals surface area contributed by atoms with E-state index in [1.54, 1.807) is 12.1 Å². The number of halogens is 1. The van der Waals surface area contributed by atoms with Gasteiger partial charge in [-0.3, -0.25) is 4.90 Å². The van der Waals surface area contributed by atoms with Gasteiger partial charge in [0.05, 0.1) is 13.2 Å². The lowest BCUT2D eigenvalue weighted by Crippen LogP contribution is -2.41. The van der Waals surface area contributed by atoms with Crippen molar-refractivity contribution in [3.63, 3.8) is 0 Å². The second-order valence-corrected chi connectivity index (χ2v) is 6.39. The van der Waals surface area contributed by atoms with Crippen LogP contribution in [0.15, 0.2) is 48.5 Å². The van der Waals surface area contributed by atoms with Crippen molar-refractivity contribution in [1.82, 2.24) is 4.90 Å². The molecule has 1 aliphatic carbocycles. The van der Waals surface area contributed by atoms with Gasteiger partial charge in [-0.25, -0.2) is 4.79 Å². The van der Waals surface area contributed by atoms with Crippen LogP contribution in [-0.4, -0.2) is 55.4 Å². The molecule has 0 spiro atoms. The highest BCUT2D eigenvalue weighted by molar-refractivity contribution is 5.96. The Balaban J connectivity index is 0.00000196. The molecule has 1 heterocycles. The van der Waals surface area contributed by atoms with Crippen molar-refractivity contribution in [3.8, 4) is 11.1 Å². The molecule has 5 nitrogen and oxygen atoms in total. The second kappa shape index (κ2) is 7.76. The lowest BCUT2D eigenvalue weighted by atomic mass is 9.91. The minimum atomic E-state index is -1.74. The fourth-order valence-corrected chi connectivity index (χ4v) is 3.63. The van der Waals surface area contributed by atoms with Crippen LogP contribution in [0.4, 0.5) is 0 Å². The highest BCUT2D eigenvalue weighted by Gasteiger charge is 2.49. The number of rotatable bonds is 4. The summed E-state index contributed by atoms with van der Waals surface area (Å²) >= 11 is 0. The molecule has 0 unspecified atom stereocenters. The van der Waals surface area contributed by atoms with E-state index >= 15 is 0 Å². The first-order chi connectivity index (χ1) is 12.2. The molecular formula is C20H22ClNO4.